The van der Waals surface area contributed by atoms with Gasteiger partial charge in [0, 0.05) is 12.1 Å². The third-order valence-corrected chi connectivity index (χ3v) is 3.45. The molecule has 2 aliphatic rings. The Morgan fingerprint density at radius 2 is 2.25 bits per heavy atom. The summed E-state index contributed by atoms with van der Waals surface area (Å²) in [6.45, 7) is 2.56. The molecule has 0 amide bonds. The molecule has 0 aromatic carbocycles. The van der Waals surface area contributed by atoms with Gasteiger partial charge in [0.05, 0.1) is 0 Å². The van der Waals surface area contributed by atoms with Crippen molar-refractivity contribution in [3.05, 3.63) is 0 Å². The monoisotopic (exact) mass is 168 g/mol. The minimum atomic E-state index is 0.907. The van der Waals surface area contributed by atoms with Crippen LogP contribution in [0.3, 0.4) is 0 Å². The maximum Gasteiger partial charge on any atom is 0.0111 e. The number of hydrogen-bond donors (Lipinski definition) is 1. The summed E-state index contributed by atoms with van der Waals surface area (Å²) in [7, 11) is 2.05. The van der Waals surface area contributed by atoms with E-state index in [2.05, 4.69) is 17.3 Å². The van der Waals surface area contributed by atoms with Gasteiger partial charge in [0.15, 0.2) is 0 Å². The standard InChI is InChI=1S/C10H20N2/c1-11-7-6-10-5-4-9-3-2-8-12(9)10/h9-11H,2-8H2,1H3. The van der Waals surface area contributed by atoms with E-state index in [0.717, 1.165) is 12.1 Å². The van der Waals surface area contributed by atoms with E-state index >= 15 is 0 Å². The van der Waals surface area contributed by atoms with Gasteiger partial charge in [-0.15, -0.1) is 0 Å². The van der Waals surface area contributed by atoms with Crippen LogP contribution in [0.5, 0.6) is 0 Å². The van der Waals surface area contributed by atoms with E-state index in [9.17, 15) is 0 Å². The van der Waals surface area contributed by atoms with Crippen LogP contribution in [0.4, 0.5) is 0 Å². The van der Waals surface area contributed by atoms with Crippen molar-refractivity contribution in [1.82, 2.24) is 10.2 Å². The van der Waals surface area contributed by atoms with Crippen LogP contribution in [0.25, 0.3) is 0 Å². The van der Waals surface area contributed by atoms with Crippen LogP contribution in [0, 0.1) is 0 Å². The molecule has 0 aromatic heterocycles. The highest BCUT2D eigenvalue weighted by Gasteiger charge is 2.35. The molecule has 0 radical (unpaired) electrons. The maximum absolute atomic E-state index is 3.25. The van der Waals surface area contributed by atoms with E-state index in [4.69, 9.17) is 0 Å². The van der Waals surface area contributed by atoms with Crippen molar-refractivity contribution in [3.63, 3.8) is 0 Å². The normalized spacial score (nSPS) is 35.8. The van der Waals surface area contributed by atoms with Crippen molar-refractivity contribution in [2.24, 2.45) is 0 Å². The molecule has 2 fully saturated rings. The van der Waals surface area contributed by atoms with Crippen molar-refractivity contribution >= 4 is 0 Å². The van der Waals surface area contributed by atoms with Gasteiger partial charge in [0.25, 0.3) is 0 Å². The second kappa shape index (κ2) is 3.75. The van der Waals surface area contributed by atoms with Crippen molar-refractivity contribution < 1.29 is 0 Å². The fourth-order valence-electron chi connectivity index (χ4n) is 2.82. The first-order chi connectivity index (χ1) is 5.92. The molecule has 2 heteroatoms. The van der Waals surface area contributed by atoms with Crippen molar-refractivity contribution in [1.29, 1.82) is 0 Å². The van der Waals surface area contributed by atoms with Crippen LogP contribution in [-0.2, 0) is 0 Å². The Kier molecular flexibility index (Phi) is 2.66. The molecular formula is C10H20N2. The molecule has 2 rings (SSSR count). The molecule has 0 bridgehead atoms. The lowest BCUT2D eigenvalue weighted by Crippen LogP contribution is -2.33. The Hall–Kier alpha value is -0.0800. The molecule has 2 aliphatic heterocycles. The molecule has 0 aromatic rings. The van der Waals surface area contributed by atoms with Crippen molar-refractivity contribution in [2.45, 2.75) is 44.2 Å². The van der Waals surface area contributed by atoms with Crippen LogP contribution in [0.2, 0.25) is 0 Å². The summed E-state index contributed by atoms with van der Waals surface area (Å²) in [6, 6.07) is 1.87. The fraction of sp³-hybridized carbons (Fsp3) is 1.00. The van der Waals surface area contributed by atoms with E-state index < -0.39 is 0 Å². The Morgan fingerprint density at radius 1 is 1.33 bits per heavy atom. The molecule has 2 saturated heterocycles. The van der Waals surface area contributed by atoms with Crippen LogP contribution < -0.4 is 5.32 Å². The highest BCUT2D eigenvalue weighted by Crippen LogP contribution is 2.33. The first-order valence-corrected chi connectivity index (χ1v) is 5.32. The van der Waals surface area contributed by atoms with Gasteiger partial charge >= 0.3 is 0 Å². The summed E-state index contributed by atoms with van der Waals surface area (Å²) >= 11 is 0. The third kappa shape index (κ3) is 1.50. The Morgan fingerprint density at radius 3 is 3.08 bits per heavy atom. The second-order valence-corrected chi connectivity index (χ2v) is 4.16. The summed E-state index contributed by atoms with van der Waals surface area (Å²) in [5, 5.41) is 3.25. The van der Waals surface area contributed by atoms with E-state index in [1.807, 2.05) is 0 Å². The van der Waals surface area contributed by atoms with Gasteiger partial charge in [-0.05, 0) is 52.2 Å². The second-order valence-electron chi connectivity index (χ2n) is 4.16. The lowest BCUT2D eigenvalue weighted by atomic mass is 10.1. The predicted octanol–water partition coefficient (Wildman–Crippen LogP) is 1.22. The average Bonchev–Trinajstić information content (AvgIpc) is 2.62. The molecule has 0 saturated carbocycles. The predicted molar refractivity (Wildman–Crippen MR) is 51.3 cm³/mol. The van der Waals surface area contributed by atoms with Crippen molar-refractivity contribution in [3.8, 4) is 0 Å². The van der Waals surface area contributed by atoms with Gasteiger partial charge in [-0.25, -0.2) is 0 Å². The maximum atomic E-state index is 3.25. The van der Waals surface area contributed by atoms with Gasteiger partial charge in [-0.2, -0.15) is 0 Å². The lowest BCUT2D eigenvalue weighted by Gasteiger charge is -2.23. The van der Waals surface area contributed by atoms with Gasteiger partial charge in [-0.1, -0.05) is 0 Å². The highest BCUT2D eigenvalue weighted by molar-refractivity contribution is 4.91. The SMILES string of the molecule is CNCCC1CCC2CCCN21. The zero-order valence-electron chi connectivity index (χ0n) is 8.05. The zero-order chi connectivity index (χ0) is 8.39. The zero-order valence-corrected chi connectivity index (χ0v) is 8.05. The largest absolute Gasteiger partial charge is 0.320 e. The molecule has 2 atom stereocenters. The first kappa shape index (κ1) is 8.52. The van der Waals surface area contributed by atoms with E-state index in [1.54, 1.807) is 0 Å². The molecular weight excluding hydrogens is 148 g/mol. The molecule has 70 valence electrons. The lowest BCUT2D eigenvalue weighted by molar-refractivity contribution is 0.235. The summed E-state index contributed by atoms with van der Waals surface area (Å²) in [4.78, 5) is 2.75. The van der Waals surface area contributed by atoms with E-state index in [1.165, 1.54) is 45.2 Å². The average molecular weight is 168 g/mol. The molecule has 2 heterocycles. The van der Waals surface area contributed by atoms with Gasteiger partial charge in [-0.3, -0.25) is 4.90 Å². The van der Waals surface area contributed by atoms with Gasteiger partial charge in [0.1, 0.15) is 0 Å². The van der Waals surface area contributed by atoms with Crippen LogP contribution >= 0.6 is 0 Å². The molecule has 1 N–H and O–H groups in total. The van der Waals surface area contributed by atoms with Crippen LogP contribution in [0.15, 0.2) is 0 Å². The molecule has 12 heavy (non-hydrogen) atoms. The molecule has 0 spiro atoms. The topological polar surface area (TPSA) is 15.3 Å². The van der Waals surface area contributed by atoms with Gasteiger partial charge < -0.3 is 5.32 Å². The van der Waals surface area contributed by atoms with Crippen LogP contribution in [-0.4, -0.2) is 37.1 Å². The molecule has 0 aliphatic carbocycles. The quantitative estimate of drug-likeness (QED) is 0.681. The van der Waals surface area contributed by atoms with Crippen LogP contribution in [0.1, 0.15) is 32.1 Å². The molecule has 2 unspecified atom stereocenters. The Labute approximate surface area is 75.3 Å². The Bertz CT molecular complexity index is 147. The number of nitrogens with zero attached hydrogens (tertiary/aromatic N) is 1. The van der Waals surface area contributed by atoms with Gasteiger partial charge in [0.2, 0.25) is 0 Å². The van der Waals surface area contributed by atoms with E-state index in [0.29, 0.717) is 0 Å². The number of fused-ring (bicyclic) bond motifs is 1. The van der Waals surface area contributed by atoms with Crippen molar-refractivity contribution in [2.75, 3.05) is 20.1 Å². The van der Waals surface area contributed by atoms with E-state index in [-0.39, 0.29) is 0 Å². The highest BCUT2D eigenvalue weighted by atomic mass is 15.2. The number of hydrogen-bond acceptors (Lipinski definition) is 2. The number of rotatable bonds is 3. The Balaban J connectivity index is 1.83. The minimum absolute atomic E-state index is 0.907. The fourth-order valence-corrected chi connectivity index (χ4v) is 2.82. The first-order valence-electron chi connectivity index (χ1n) is 5.32. The summed E-state index contributed by atoms with van der Waals surface area (Å²) in [6.07, 6.45) is 7.19. The summed E-state index contributed by atoms with van der Waals surface area (Å²) < 4.78 is 0. The third-order valence-electron chi connectivity index (χ3n) is 3.45. The smallest absolute Gasteiger partial charge is 0.0111 e. The summed E-state index contributed by atoms with van der Waals surface area (Å²) in [5.74, 6) is 0. The molecule has 2 nitrogen and oxygen atoms in total. The summed E-state index contributed by atoms with van der Waals surface area (Å²) in [5.41, 5.74) is 0. The number of nitrogens with one attached hydrogen (secondary N) is 1. The minimum Gasteiger partial charge on any atom is -0.320 e.